The fraction of sp³-hybridized carbons (Fsp3) is 0.545. The van der Waals surface area contributed by atoms with Gasteiger partial charge in [-0.3, -0.25) is 0 Å². The van der Waals surface area contributed by atoms with Gasteiger partial charge in [0, 0.05) is 6.07 Å². The monoisotopic (exact) mass is 328 g/mol. The third-order valence-electron chi connectivity index (χ3n) is 4.83. The predicted molar refractivity (Wildman–Crippen MR) is 98.6 cm³/mol. The molecule has 1 aromatic rings. The van der Waals surface area contributed by atoms with E-state index in [-0.39, 0.29) is 5.82 Å². The summed E-state index contributed by atoms with van der Waals surface area (Å²) in [6.07, 6.45) is 12.6. The van der Waals surface area contributed by atoms with Crippen molar-refractivity contribution in [3.05, 3.63) is 41.7 Å². The molecule has 2 rings (SSSR count). The topological polar surface area (TPSA) is 9.23 Å². The van der Waals surface area contributed by atoms with Crippen molar-refractivity contribution < 1.29 is 9.13 Å². The van der Waals surface area contributed by atoms with Gasteiger partial charge in [-0.1, -0.05) is 44.6 Å². The first-order valence-corrected chi connectivity index (χ1v) is 9.33. The quantitative estimate of drug-likeness (QED) is 0.451. The lowest BCUT2D eigenvalue weighted by molar-refractivity contribution is 0.304. The van der Waals surface area contributed by atoms with Crippen molar-refractivity contribution >= 4 is 0 Å². The summed E-state index contributed by atoms with van der Waals surface area (Å²) in [5.74, 6) is 7.69. The second-order valence-electron chi connectivity index (χ2n) is 6.66. The Morgan fingerprint density at radius 3 is 2.67 bits per heavy atom. The standard InChI is InChI=1S/C22H29FO/c1-3-5-16-24-21-15-14-20(22(23)17-21)9-7-6-8-19-12-10-18(4-2)11-13-19/h6,8,14-15,17-19H,3-5,10-13,16H2,1-2H3/t18-,19-. The van der Waals surface area contributed by atoms with Crippen LogP contribution in [0.2, 0.25) is 0 Å². The zero-order chi connectivity index (χ0) is 17.2. The molecule has 0 radical (unpaired) electrons. The molecule has 1 aromatic carbocycles. The fourth-order valence-corrected chi connectivity index (χ4v) is 3.11. The van der Waals surface area contributed by atoms with Gasteiger partial charge < -0.3 is 4.74 Å². The largest absolute Gasteiger partial charge is 0.493 e. The highest BCUT2D eigenvalue weighted by Gasteiger charge is 2.17. The van der Waals surface area contributed by atoms with Crippen LogP contribution in [0.3, 0.4) is 0 Å². The SMILES string of the molecule is CCCCOc1ccc(C#CC=C[C@H]2CC[C@H](CC)CC2)c(F)c1. The Balaban J connectivity index is 1.85. The third kappa shape index (κ3) is 6.04. The van der Waals surface area contributed by atoms with Crippen LogP contribution >= 0.6 is 0 Å². The summed E-state index contributed by atoms with van der Waals surface area (Å²) < 4.78 is 19.5. The summed E-state index contributed by atoms with van der Waals surface area (Å²) in [6, 6.07) is 4.91. The zero-order valence-electron chi connectivity index (χ0n) is 15.0. The summed E-state index contributed by atoms with van der Waals surface area (Å²) in [5.41, 5.74) is 0.428. The molecule has 0 amide bonds. The molecule has 0 saturated heterocycles. The molecule has 1 aliphatic carbocycles. The van der Waals surface area contributed by atoms with E-state index in [4.69, 9.17) is 4.74 Å². The highest BCUT2D eigenvalue weighted by Crippen LogP contribution is 2.31. The van der Waals surface area contributed by atoms with Crippen LogP contribution in [-0.2, 0) is 0 Å². The molecule has 24 heavy (non-hydrogen) atoms. The summed E-state index contributed by atoms with van der Waals surface area (Å²) in [4.78, 5) is 0. The van der Waals surface area contributed by atoms with Crippen LogP contribution in [0, 0.1) is 29.5 Å². The maximum Gasteiger partial charge on any atom is 0.142 e. The maximum atomic E-state index is 14.0. The molecule has 1 aliphatic rings. The van der Waals surface area contributed by atoms with E-state index in [0.29, 0.717) is 23.8 Å². The number of hydrogen-bond donors (Lipinski definition) is 0. The third-order valence-corrected chi connectivity index (χ3v) is 4.83. The van der Waals surface area contributed by atoms with E-state index < -0.39 is 0 Å². The van der Waals surface area contributed by atoms with Crippen LogP contribution in [0.1, 0.15) is 64.4 Å². The van der Waals surface area contributed by atoms with E-state index in [9.17, 15) is 4.39 Å². The lowest BCUT2D eigenvalue weighted by Crippen LogP contribution is -2.11. The number of hydrogen-bond acceptors (Lipinski definition) is 1. The molecule has 1 saturated carbocycles. The Bertz CT molecular complexity index is 586. The Kier molecular flexibility index (Phi) is 7.89. The average molecular weight is 328 g/mol. The molecule has 0 aliphatic heterocycles. The number of unbranched alkanes of at least 4 members (excludes halogenated alkanes) is 1. The summed E-state index contributed by atoms with van der Waals surface area (Å²) in [5, 5.41) is 0. The number of allylic oxidation sites excluding steroid dienone is 2. The van der Waals surface area contributed by atoms with E-state index in [0.717, 1.165) is 18.8 Å². The van der Waals surface area contributed by atoms with E-state index >= 15 is 0 Å². The minimum atomic E-state index is -0.312. The lowest BCUT2D eigenvalue weighted by atomic mass is 9.81. The molecule has 1 nitrogen and oxygen atoms in total. The van der Waals surface area contributed by atoms with E-state index in [1.165, 1.54) is 38.2 Å². The normalized spacial score (nSPS) is 20.6. The molecule has 0 heterocycles. The molecular formula is C22H29FO. The van der Waals surface area contributed by atoms with Gasteiger partial charge >= 0.3 is 0 Å². The van der Waals surface area contributed by atoms with Crippen LogP contribution in [0.5, 0.6) is 5.75 Å². The second-order valence-corrected chi connectivity index (χ2v) is 6.66. The molecule has 0 aromatic heterocycles. The van der Waals surface area contributed by atoms with Gasteiger partial charge in [0.15, 0.2) is 0 Å². The fourth-order valence-electron chi connectivity index (χ4n) is 3.11. The Morgan fingerprint density at radius 2 is 2.00 bits per heavy atom. The molecule has 0 bridgehead atoms. The van der Waals surface area contributed by atoms with Gasteiger partial charge in [-0.05, 0) is 62.1 Å². The van der Waals surface area contributed by atoms with Crippen molar-refractivity contribution in [2.75, 3.05) is 6.61 Å². The highest BCUT2D eigenvalue weighted by atomic mass is 19.1. The number of rotatable bonds is 6. The minimum absolute atomic E-state index is 0.312. The lowest BCUT2D eigenvalue weighted by Gasteiger charge is -2.25. The zero-order valence-corrected chi connectivity index (χ0v) is 15.0. The molecule has 0 unspecified atom stereocenters. The van der Waals surface area contributed by atoms with Crippen molar-refractivity contribution in [3.63, 3.8) is 0 Å². The number of halogens is 1. The van der Waals surface area contributed by atoms with E-state index in [1.807, 2.05) is 6.08 Å². The summed E-state index contributed by atoms with van der Waals surface area (Å²) in [7, 11) is 0. The van der Waals surface area contributed by atoms with Crippen LogP contribution in [0.4, 0.5) is 4.39 Å². The Morgan fingerprint density at radius 1 is 1.21 bits per heavy atom. The molecule has 0 N–H and O–H groups in total. The van der Waals surface area contributed by atoms with Crippen molar-refractivity contribution in [2.45, 2.75) is 58.8 Å². The van der Waals surface area contributed by atoms with E-state index in [1.54, 1.807) is 12.1 Å². The first-order chi connectivity index (χ1) is 11.7. The van der Waals surface area contributed by atoms with Gasteiger partial charge in [-0.2, -0.15) is 0 Å². The van der Waals surface area contributed by atoms with Crippen LogP contribution in [-0.4, -0.2) is 6.61 Å². The maximum absolute atomic E-state index is 14.0. The van der Waals surface area contributed by atoms with Crippen LogP contribution < -0.4 is 4.74 Å². The molecule has 1 fully saturated rings. The van der Waals surface area contributed by atoms with Crippen molar-refractivity contribution in [1.29, 1.82) is 0 Å². The summed E-state index contributed by atoms with van der Waals surface area (Å²) >= 11 is 0. The smallest absolute Gasteiger partial charge is 0.142 e. The average Bonchev–Trinajstić information content (AvgIpc) is 2.61. The van der Waals surface area contributed by atoms with Gasteiger partial charge in [0.2, 0.25) is 0 Å². The van der Waals surface area contributed by atoms with Crippen LogP contribution in [0.25, 0.3) is 0 Å². The molecular weight excluding hydrogens is 299 g/mol. The predicted octanol–water partition coefficient (Wildman–Crippen LogP) is 6.13. The van der Waals surface area contributed by atoms with E-state index in [2.05, 4.69) is 31.8 Å². The van der Waals surface area contributed by atoms with Crippen molar-refractivity contribution in [2.24, 2.45) is 11.8 Å². The van der Waals surface area contributed by atoms with Gasteiger partial charge in [0.05, 0.1) is 12.2 Å². The summed E-state index contributed by atoms with van der Waals surface area (Å²) in [6.45, 7) is 5.01. The van der Waals surface area contributed by atoms with Crippen molar-refractivity contribution in [3.8, 4) is 17.6 Å². The first-order valence-electron chi connectivity index (χ1n) is 9.33. The first kappa shape index (κ1) is 18.6. The van der Waals surface area contributed by atoms with Crippen molar-refractivity contribution in [1.82, 2.24) is 0 Å². The number of benzene rings is 1. The molecule has 130 valence electrons. The Hall–Kier alpha value is -1.75. The minimum Gasteiger partial charge on any atom is -0.493 e. The van der Waals surface area contributed by atoms with Crippen LogP contribution in [0.15, 0.2) is 30.4 Å². The van der Waals surface area contributed by atoms with Gasteiger partial charge in [-0.15, -0.1) is 0 Å². The van der Waals surface area contributed by atoms with Gasteiger partial charge in [0.1, 0.15) is 11.6 Å². The molecule has 0 atom stereocenters. The highest BCUT2D eigenvalue weighted by molar-refractivity contribution is 5.41. The second kappa shape index (κ2) is 10.2. The van der Waals surface area contributed by atoms with Gasteiger partial charge in [-0.25, -0.2) is 4.39 Å². The van der Waals surface area contributed by atoms with Gasteiger partial charge in [0.25, 0.3) is 0 Å². The molecule has 0 spiro atoms. The number of ether oxygens (including phenoxy) is 1. The molecule has 2 heteroatoms. The Labute approximate surface area is 146 Å².